The number of anilines is 2. The van der Waals surface area contributed by atoms with Crippen molar-refractivity contribution in [3.63, 3.8) is 0 Å². The molecule has 0 aromatic carbocycles. The zero-order valence-corrected chi connectivity index (χ0v) is 11.8. The predicted octanol–water partition coefficient (Wildman–Crippen LogP) is 2.24. The first-order valence-electron chi connectivity index (χ1n) is 6.03. The highest BCUT2D eigenvalue weighted by Gasteiger charge is 2.15. The third kappa shape index (κ3) is 2.64. The van der Waals surface area contributed by atoms with E-state index in [-0.39, 0.29) is 0 Å². The van der Waals surface area contributed by atoms with Gasteiger partial charge in [-0.05, 0) is 5.92 Å². The number of rotatable bonds is 5. The lowest BCUT2D eigenvalue weighted by Crippen LogP contribution is -2.10. The first-order chi connectivity index (χ1) is 8.59. The molecule has 0 unspecified atom stereocenters. The number of nitrogen functional groups attached to an aromatic ring is 1. The van der Waals surface area contributed by atoms with Crippen LogP contribution in [0.2, 0.25) is 0 Å². The highest BCUT2D eigenvalue weighted by atomic mass is 32.1. The Morgan fingerprint density at radius 1 is 1.50 bits per heavy atom. The molecule has 0 fully saturated rings. The molecule has 0 amide bonds. The Hall–Kier alpha value is -1.56. The van der Waals surface area contributed by atoms with E-state index < -0.39 is 0 Å². The van der Waals surface area contributed by atoms with Crippen LogP contribution >= 0.6 is 11.3 Å². The molecule has 0 aliphatic carbocycles. The predicted molar refractivity (Wildman–Crippen MR) is 76.0 cm³/mol. The zero-order chi connectivity index (χ0) is 13.1. The maximum Gasteiger partial charge on any atom is 0.147 e. The molecule has 0 radical (unpaired) electrons. The zero-order valence-electron chi connectivity index (χ0n) is 11.0. The van der Waals surface area contributed by atoms with Crippen LogP contribution in [0, 0.1) is 0 Å². The summed E-state index contributed by atoms with van der Waals surface area (Å²) in [5, 5.41) is 9.84. The minimum absolute atomic E-state index is 0.338. The van der Waals surface area contributed by atoms with E-state index in [9.17, 15) is 0 Å². The third-order valence-corrected chi connectivity index (χ3v) is 3.45. The molecule has 0 aliphatic rings. The van der Waals surface area contributed by atoms with Crippen molar-refractivity contribution in [2.75, 3.05) is 17.6 Å². The minimum Gasteiger partial charge on any atom is -0.394 e. The van der Waals surface area contributed by atoms with Crippen LogP contribution in [-0.2, 0) is 13.5 Å². The van der Waals surface area contributed by atoms with Gasteiger partial charge in [-0.2, -0.15) is 5.10 Å². The van der Waals surface area contributed by atoms with E-state index in [1.54, 1.807) is 11.3 Å². The van der Waals surface area contributed by atoms with Crippen molar-refractivity contribution < 1.29 is 0 Å². The Bertz CT molecular complexity index is 501. The first-order valence-corrected chi connectivity index (χ1v) is 6.97. The Morgan fingerprint density at radius 2 is 2.28 bits per heavy atom. The van der Waals surface area contributed by atoms with Gasteiger partial charge in [-0.1, -0.05) is 13.8 Å². The molecule has 3 N–H and O–H groups in total. The fourth-order valence-electron chi connectivity index (χ4n) is 1.87. The average molecular weight is 265 g/mol. The topological polar surface area (TPSA) is 68.8 Å². The number of thiazole rings is 1. The van der Waals surface area contributed by atoms with E-state index in [1.165, 1.54) is 0 Å². The summed E-state index contributed by atoms with van der Waals surface area (Å²) in [6.45, 7) is 5.00. The van der Waals surface area contributed by atoms with Crippen LogP contribution in [0.1, 0.15) is 31.2 Å². The van der Waals surface area contributed by atoms with Crippen LogP contribution in [0.15, 0.2) is 10.9 Å². The van der Waals surface area contributed by atoms with Crippen molar-refractivity contribution >= 4 is 22.8 Å². The Morgan fingerprint density at radius 3 is 2.83 bits per heavy atom. The summed E-state index contributed by atoms with van der Waals surface area (Å²) in [7, 11) is 1.91. The molecular formula is C12H19N5S. The summed E-state index contributed by atoms with van der Waals surface area (Å²) in [5.74, 6) is 1.24. The lowest BCUT2D eigenvalue weighted by molar-refractivity contribution is 0.714. The Balaban J connectivity index is 2.01. The number of hydrogen-bond donors (Lipinski definition) is 2. The first kappa shape index (κ1) is 12.9. The fourth-order valence-corrected chi connectivity index (χ4v) is 2.46. The van der Waals surface area contributed by atoms with Gasteiger partial charge < -0.3 is 11.1 Å². The van der Waals surface area contributed by atoms with E-state index in [2.05, 4.69) is 34.6 Å². The van der Waals surface area contributed by atoms with E-state index in [0.717, 1.165) is 35.9 Å². The van der Waals surface area contributed by atoms with Crippen LogP contribution < -0.4 is 11.1 Å². The Kier molecular flexibility index (Phi) is 3.86. The molecule has 2 aromatic rings. The minimum atomic E-state index is 0.338. The maximum atomic E-state index is 6.11. The number of nitrogens with one attached hydrogen (secondary N) is 1. The van der Waals surface area contributed by atoms with Gasteiger partial charge >= 0.3 is 0 Å². The second-order valence-electron chi connectivity index (χ2n) is 4.58. The molecule has 5 nitrogen and oxygen atoms in total. The average Bonchev–Trinajstić information content (AvgIpc) is 2.91. The molecule has 98 valence electrons. The molecule has 6 heteroatoms. The lowest BCUT2D eigenvalue weighted by atomic mass is 10.1. The van der Waals surface area contributed by atoms with E-state index in [0.29, 0.717) is 5.92 Å². The van der Waals surface area contributed by atoms with Crippen molar-refractivity contribution in [3.05, 3.63) is 22.3 Å². The third-order valence-electron chi connectivity index (χ3n) is 2.82. The van der Waals surface area contributed by atoms with Crippen molar-refractivity contribution in [1.82, 2.24) is 14.8 Å². The summed E-state index contributed by atoms with van der Waals surface area (Å²) in [4.78, 5) is 4.25. The molecule has 0 aliphatic heterocycles. The molecule has 0 bridgehead atoms. The van der Waals surface area contributed by atoms with Gasteiger partial charge in [-0.25, -0.2) is 4.98 Å². The number of aromatic nitrogens is 3. The molecule has 2 heterocycles. The van der Waals surface area contributed by atoms with Gasteiger partial charge in [0.2, 0.25) is 0 Å². The molecule has 2 aromatic heterocycles. The second kappa shape index (κ2) is 5.39. The quantitative estimate of drug-likeness (QED) is 0.870. The highest BCUT2D eigenvalue weighted by molar-refractivity contribution is 7.07. The fraction of sp³-hybridized carbons (Fsp3) is 0.500. The van der Waals surface area contributed by atoms with Crippen molar-refractivity contribution in [2.24, 2.45) is 7.05 Å². The van der Waals surface area contributed by atoms with Gasteiger partial charge in [0, 0.05) is 25.4 Å². The number of aryl methyl sites for hydroxylation is 1. The summed E-state index contributed by atoms with van der Waals surface area (Å²) >= 11 is 1.62. The SMILES string of the molecule is CC(C)c1nn(C)c(NCCc2cscn2)c1N. The van der Waals surface area contributed by atoms with E-state index in [1.807, 2.05) is 17.2 Å². The van der Waals surface area contributed by atoms with Gasteiger partial charge in [0.25, 0.3) is 0 Å². The van der Waals surface area contributed by atoms with Crippen LogP contribution in [0.3, 0.4) is 0 Å². The molecule has 0 saturated carbocycles. The van der Waals surface area contributed by atoms with Gasteiger partial charge in [0.1, 0.15) is 5.82 Å². The number of hydrogen-bond acceptors (Lipinski definition) is 5. The summed E-state index contributed by atoms with van der Waals surface area (Å²) in [6, 6.07) is 0. The normalized spacial score (nSPS) is 11.1. The van der Waals surface area contributed by atoms with Gasteiger partial charge in [-0.3, -0.25) is 4.68 Å². The van der Waals surface area contributed by atoms with Gasteiger partial charge in [0.05, 0.1) is 22.6 Å². The lowest BCUT2D eigenvalue weighted by Gasteiger charge is -2.06. The number of nitrogens with two attached hydrogens (primary N) is 1. The van der Waals surface area contributed by atoms with Crippen molar-refractivity contribution in [3.8, 4) is 0 Å². The Labute approximate surface area is 111 Å². The molecule has 0 atom stereocenters. The molecule has 2 rings (SSSR count). The molecular weight excluding hydrogens is 246 g/mol. The van der Waals surface area contributed by atoms with Crippen molar-refractivity contribution in [1.29, 1.82) is 0 Å². The van der Waals surface area contributed by atoms with Crippen LogP contribution in [-0.4, -0.2) is 21.3 Å². The second-order valence-corrected chi connectivity index (χ2v) is 5.30. The summed E-state index contributed by atoms with van der Waals surface area (Å²) in [6.07, 6.45) is 0.894. The van der Waals surface area contributed by atoms with Crippen LogP contribution in [0.25, 0.3) is 0 Å². The highest BCUT2D eigenvalue weighted by Crippen LogP contribution is 2.27. The molecule has 0 saturated heterocycles. The van der Waals surface area contributed by atoms with Crippen LogP contribution in [0.5, 0.6) is 0 Å². The monoisotopic (exact) mass is 265 g/mol. The number of nitrogens with zero attached hydrogens (tertiary/aromatic N) is 3. The van der Waals surface area contributed by atoms with E-state index >= 15 is 0 Å². The maximum absolute atomic E-state index is 6.11. The standard InChI is InChI=1S/C12H19N5S/c1-8(2)11-10(13)12(17(3)16-11)14-5-4-9-6-18-7-15-9/h6-8,14H,4-5,13H2,1-3H3. The van der Waals surface area contributed by atoms with E-state index in [4.69, 9.17) is 5.73 Å². The van der Waals surface area contributed by atoms with Crippen molar-refractivity contribution in [2.45, 2.75) is 26.2 Å². The largest absolute Gasteiger partial charge is 0.394 e. The van der Waals surface area contributed by atoms with Gasteiger partial charge in [-0.15, -0.1) is 11.3 Å². The smallest absolute Gasteiger partial charge is 0.147 e. The summed E-state index contributed by atoms with van der Waals surface area (Å²) in [5.41, 5.74) is 10.8. The summed E-state index contributed by atoms with van der Waals surface area (Å²) < 4.78 is 1.81. The molecule has 0 spiro atoms. The van der Waals surface area contributed by atoms with Crippen LogP contribution in [0.4, 0.5) is 11.5 Å². The molecule has 18 heavy (non-hydrogen) atoms. The van der Waals surface area contributed by atoms with Gasteiger partial charge in [0.15, 0.2) is 0 Å².